The maximum Gasteiger partial charge on any atom is 0.254 e. The highest BCUT2D eigenvalue weighted by Crippen LogP contribution is 2.24. The summed E-state index contributed by atoms with van der Waals surface area (Å²) in [5, 5.41) is 3.70. The number of nitrogens with two attached hydrogens (primary N) is 1. The molecule has 2 N–H and O–H groups in total. The number of hydrogen-bond acceptors (Lipinski definition) is 3. The molecule has 0 saturated heterocycles. The lowest BCUT2D eigenvalue weighted by Crippen LogP contribution is -2.16. The summed E-state index contributed by atoms with van der Waals surface area (Å²) in [4.78, 5) is 10.9. The van der Waals surface area contributed by atoms with Crippen LogP contribution in [0.2, 0.25) is 0 Å². The highest BCUT2D eigenvalue weighted by molar-refractivity contribution is 7.07. The smallest absolute Gasteiger partial charge is 0.254 e. The summed E-state index contributed by atoms with van der Waals surface area (Å²) in [5.74, 6) is -3.43. The van der Waals surface area contributed by atoms with Crippen LogP contribution in [0.5, 0.6) is 5.75 Å². The average molecular weight is 299 g/mol. The number of halogens is 2. The third kappa shape index (κ3) is 3.77. The molecule has 2 aromatic rings. The zero-order valence-corrected chi connectivity index (χ0v) is 12.0. The Kier molecular flexibility index (Phi) is 6.11. The second-order valence-corrected chi connectivity index (χ2v) is 4.30. The Morgan fingerprint density at radius 1 is 1.30 bits per heavy atom. The number of rotatable bonds is 4. The van der Waals surface area contributed by atoms with Gasteiger partial charge in [0.05, 0.1) is 0 Å². The van der Waals surface area contributed by atoms with Crippen molar-refractivity contribution < 1.29 is 18.3 Å². The van der Waals surface area contributed by atoms with Gasteiger partial charge in [0.2, 0.25) is 0 Å². The molecule has 0 unspecified atom stereocenters. The van der Waals surface area contributed by atoms with Crippen molar-refractivity contribution in [2.24, 2.45) is 5.73 Å². The van der Waals surface area contributed by atoms with Gasteiger partial charge in [0.15, 0.2) is 11.6 Å². The normalized spacial score (nSPS) is 9.60. The van der Waals surface area contributed by atoms with Crippen molar-refractivity contribution >= 4 is 17.2 Å². The maximum absolute atomic E-state index is 13.7. The number of amides is 1. The second kappa shape index (κ2) is 7.59. The molecular formula is C14H15F2NO2S. The molecule has 0 fully saturated rings. The molecule has 0 bridgehead atoms. The number of primary amides is 1. The monoisotopic (exact) mass is 299 g/mol. The van der Waals surface area contributed by atoms with E-state index in [2.05, 4.69) is 0 Å². The van der Waals surface area contributed by atoms with Crippen molar-refractivity contribution in [3.05, 3.63) is 51.7 Å². The molecule has 0 radical (unpaired) electrons. The van der Waals surface area contributed by atoms with Gasteiger partial charge < -0.3 is 10.5 Å². The maximum atomic E-state index is 13.7. The summed E-state index contributed by atoms with van der Waals surface area (Å²) >= 11 is 1.48. The zero-order chi connectivity index (χ0) is 15.1. The quantitative estimate of drug-likeness (QED) is 0.935. The molecule has 3 nitrogen and oxygen atoms in total. The van der Waals surface area contributed by atoms with Crippen molar-refractivity contribution in [2.75, 3.05) is 0 Å². The van der Waals surface area contributed by atoms with E-state index in [1.54, 1.807) is 0 Å². The molecule has 1 heterocycles. The number of carbonyl (C=O) groups is 1. The number of ether oxygens (including phenoxy) is 1. The van der Waals surface area contributed by atoms with Gasteiger partial charge in [-0.15, -0.1) is 0 Å². The average Bonchev–Trinajstić information content (AvgIpc) is 2.93. The molecule has 0 aliphatic carbocycles. The topological polar surface area (TPSA) is 52.3 Å². The molecule has 1 aromatic heterocycles. The molecule has 1 amide bonds. The molecule has 1 aromatic carbocycles. The van der Waals surface area contributed by atoms with Gasteiger partial charge in [-0.1, -0.05) is 13.8 Å². The van der Waals surface area contributed by atoms with Gasteiger partial charge in [-0.05, 0) is 34.5 Å². The Bertz CT molecular complexity index is 571. The van der Waals surface area contributed by atoms with Crippen molar-refractivity contribution in [3.63, 3.8) is 0 Å². The van der Waals surface area contributed by atoms with E-state index in [1.165, 1.54) is 11.3 Å². The first-order valence-corrected chi connectivity index (χ1v) is 6.95. The van der Waals surface area contributed by atoms with Gasteiger partial charge in [-0.2, -0.15) is 11.3 Å². The van der Waals surface area contributed by atoms with E-state index in [0.717, 1.165) is 17.7 Å². The Balaban J connectivity index is 0.000000956. The second-order valence-electron chi connectivity index (χ2n) is 3.52. The Labute approximate surface area is 120 Å². The minimum absolute atomic E-state index is 0.143. The fraction of sp³-hybridized carbons (Fsp3) is 0.214. The van der Waals surface area contributed by atoms with E-state index in [9.17, 15) is 13.6 Å². The van der Waals surface area contributed by atoms with Gasteiger partial charge in [0.25, 0.3) is 5.91 Å². The summed E-state index contributed by atoms with van der Waals surface area (Å²) in [5.41, 5.74) is 4.99. The summed E-state index contributed by atoms with van der Waals surface area (Å²) in [6, 6.07) is 3.90. The van der Waals surface area contributed by atoms with Crippen LogP contribution in [-0.4, -0.2) is 5.91 Å². The third-order valence-corrected chi connectivity index (χ3v) is 3.01. The van der Waals surface area contributed by atoms with Crippen LogP contribution in [0, 0.1) is 11.6 Å². The molecule has 0 aliphatic rings. The predicted octanol–water partition coefficient (Wildman–Crippen LogP) is 3.73. The van der Waals surface area contributed by atoms with Crippen LogP contribution in [0.4, 0.5) is 8.78 Å². The summed E-state index contributed by atoms with van der Waals surface area (Å²) in [7, 11) is 0. The van der Waals surface area contributed by atoms with Crippen LogP contribution in [0.15, 0.2) is 29.0 Å². The molecule has 20 heavy (non-hydrogen) atoms. The zero-order valence-electron chi connectivity index (χ0n) is 11.2. The van der Waals surface area contributed by atoms with Crippen LogP contribution < -0.4 is 10.5 Å². The van der Waals surface area contributed by atoms with Crippen molar-refractivity contribution in [2.45, 2.75) is 20.5 Å². The van der Waals surface area contributed by atoms with Crippen LogP contribution in [0.25, 0.3) is 0 Å². The van der Waals surface area contributed by atoms with Gasteiger partial charge in [0, 0.05) is 0 Å². The predicted molar refractivity (Wildman–Crippen MR) is 74.9 cm³/mol. The van der Waals surface area contributed by atoms with E-state index in [0.29, 0.717) is 0 Å². The molecule has 0 aliphatic heterocycles. The van der Waals surface area contributed by atoms with E-state index >= 15 is 0 Å². The lowest BCUT2D eigenvalue weighted by molar-refractivity contribution is 0.0991. The van der Waals surface area contributed by atoms with E-state index in [4.69, 9.17) is 10.5 Å². The first kappa shape index (κ1) is 16.1. The summed E-state index contributed by atoms with van der Waals surface area (Å²) < 4.78 is 32.1. The minimum atomic E-state index is -1.16. The van der Waals surface area contributed by atoms with E-state index in [1.807, 2.05) is 30.7 Å². The number of thiophene rings is 1. The molecule has 0 atom stereocenters. The third-order valence-electron chi connectivity index (χ3n) is 2.28. The molecule has 0 saturated carbocycles. The first-order chi connectivity index (χ1) is 9.59. The van der Waals surface area contributed by atoms with Crippen molar-refractivity contribution in [1.29, 1.82) is 0 Å². The van der Waals surface area contributed by atoms with E-state index in [-0.39, 0.29) is 12.4 Å². The van der Waals surface area contributed by atoms with Crippen LogP contribution in [-0.2, 0) is 6.61 Å². The lowest BCUT2D eigenvalue weighted by atomic mass is 10.1. The van der Waals surface area contributed by atoms with Gasteiger partial charge in [-0.25, -0.2) is 8.78 Å². The van der Waals surface area contributed by atoms with Crippen LogP contribution in [0.1, 0.15) is 29.8 Å². The minimum Gasteiger partial charge on any atom is -0.486 e. The van der Waals surface area contributed by atoms with Gasteiger partial charge in [0.1, 0.15) is 18.0 Å². The summed E-state index contributed by atoms with van der Waals surface area (Å²) in [6.45, 7) is 4.14. The van der Waals surface area contributed by atoms with Crippen LogP contribution >= 0.6 is 11.3 Å². The fourth-order valence-corrected chi connectivity index (χ4v) is 2.06. The van der Waals surface area contributed by atoms with Gasteiger partial charge in [-0.3, -0.25) is 4.79 Å². The Morgan fingerprint density at radius 3 is 2.55 bits per heavy atom. The number of carbonyl (C=O) groups excluding carboxylic acids is 1. The molecule has 6 heteroatoms. The molecule has 2 rings (SSSR count). The van der Waals surface area contributed by atoms with E-state index < -0.39 is 23.1 Å². The standard InChI is InChI=1S/C12H9F2NO2S.C2H6/c13-8-1-2-9(11(14)10(8)12(15)16)17-5-7-3-4-18-6-7;1-2/h1-4,6H,5H2,(H2,15,16);1-2H3. The highest BCUT2D eigenvalue weighted by atomic mass is 32.1. The van der Waals surface area contributed by atoms with Gasteiger partial charge >= 0.3 is 0 Å². The lowest BCUT2D eigenvalue weighted by Gasteiger charge is -2.08. The SMILES string of the molecule is CC.NC(=O)c1c(F)ccc(OCc2ccsc2)c1F. The van der Waals surface area contributed by atoms with Crippen LogP contribution in [0.3, 0.4) is 0 Å². The largest absolute Gasteiger partial charge is 0.486 e. The summed E-state index contributed by atoms with van der Waals surface area (Å²) in [6.07, 6.45) is 0. The fourth-order valence-electron chi connectivity index (χ4n) is 1.41. The number of benzene rings is 1. The molecule has 108 valence electrons. The number of hydrogen-bond donors (Lipinski definition) is 1. The van der Waals surface area contributed by atoms with Crippen molar-refractivity contribution in [3.8, 4) is 5.75 Å². The van der Waals surface area contributed by atoms with Crippen molar-refractivity contribution in [1.82, 2.24) is 0 Å². The molecular weight excluding hydrogens is 284 g/mol. The Morgan fingerprint density at radius 2 is 2.00 bits per heavy atom. The Hall–Kier alpha value is -1.95. The highest BCUT2D eigenvalue weighted by Gasteiger charge is 2.19. The molecule has 0 spiro atoms. The first-order valence-electron chi connectivity index (χ1n) is 6.01.